The third kappa shape index (κ3) is 6.38. The average molecular weight is 524 g/mol. The molecule has 8 nitrogen and oxygen atoms in total. The molecule has 2 aliphatic heterocycles. The van der Waals surface area contributed by atoms with Crippen molar-refractivity contribution in [2.75, 3.05) is 39.2 Å². The second kappa shape index (κ2) is 10.5. The number of hydrogen-bond donors (Lipinski definition) is 2. The molecule has 2 heterocycles. The number of guanidine groups is 1. The van der Waals surface area contributed by atoms with Crippen LogP contribution < -0.4 is 20.1 Å². The lowest BCUT2D eigenvalue weighted by molar-refractivity contribution is 0.174. The van der Waals surface area contributed by atoms with Gasteiger partial charge in [0.05, 0.1) is 12.8 Å². The van der Waals surface area contributed by atoms with E-state index in [1.54, 1.807) is 4.31 Å². The summed E-state index contributed by atoms with van der Waals surface area (Å²) in [7, 11) is -3.08. The van der Waals surface area contributed by atoms with Crippen LogP contribution in [0, 0.1) is 5.92 Å². The molecule has 0 aliphatic carbocycles. The largest absolute Gasteiger partial charge is 0.454 e. The maximum absolute atomic E-state index is 11.6. The number of rotatable bonds is 6. The summed E-state index contributed by atoms with van der Waals surface area (Å²) in [6, 6.07) is 5.85. The highest BCUT2D eigenvalue weighted by atomic mass is 127. The zero-order chi connectivity index (χ0) is 19.3. The normalized spacial score (nSPS) is 17.9. The highest BCUT2D eigenvalue weighted by molar-refractivity contribution is 14.0. The Morgan fingerprint density at radius 3 is 2.61 bits per heavy atom. The molecule has 0 atom stereocenters. The standard InChI is InChI=1S/C18H28N4O4S.HI/c1-3-19-18(20-11-14-6-8-22(9-7-14)27(2,23)24)21-12-15-4-5-16-17(10-15)26-13-25-16;/h4-5,10,14H,3,6-9,11-13H2,1-2H3,(H2,19,20,21);1H. The van der Waals surface area contributed by atoms with Gasteiger partial charge in [-0.05, 0) is 43.4 Å². The minimum Gasteiger partial charge on any atom is -0.454 e. The van der Waals surface area contributed by atoms with E-state index in [0.29, 0.717) is 25.6 Å². The van der Waals surface area contributed by atoms with Crippen molar-refractivity contribution in [2.45, 2.75) is 26.3 Å². The SMILES string of the molecule is CCNC(=NCc1ccc2c(c1)OCO2)NCC1CCN(S(C)(=O)=O)CC1.I. The summed E-state index contributed by atoms with van der Waals surface area (Å²) in [5, 5.41) is 6.64. The van der Waals surface area contributed by atoms with Crippen molar-refractivity contribution >= 4 is 40.0 Å². The summed E-state index contributed by atoms with van der Waals surface area (Å²) in [5.74, 6) is 2.74. The van der Waals surface area contributed by atoms with Crippen molar-refractivity contribution in [2.24, 2.45) is 10.9 Å². The Kier molecular flexibility index (Phi) is 8.62. The molecule has 3 rings (SSSR count). The number of aliphatic imine (C=N–C) groups is 1. The maximum Gasteiger partial charge on any atom is 0.231 e. The van der Waals surface area contributed by atoms with Crippen LogP contribution in [0.3, 0.4) is 0 Å². The Balaban J connectivity index is 0.00000280. The summed E-state index contributed by atoms with van der Waals surface area (Å²) in [4.78, 5) is 4.64. The van der Waals surface area contributed by atoms with Crippen molar-refractivity contribution in [1.82, 2.24) is 14.9 Å². The molecule has 10 heteroatoms. The van der Waals surface area contributed by atoms with Crippen molar-refractivity contribution in [3.63, 3.8) is 0 Å². The zero-order valence-corrected chi connectivity index (χ0v) is 19.5. The molecule has 0 aromatic heterocycles. The van der Waals surface area contributed by atoms with Crippen LogP contribution in [0.4, 0.5) is 0 Å². The molecule has 0 amide bonds. The number of hydrogen-bond acceptors (Lipinski definition) is 5. The van der Waals surface area contributed by atoms with Crippen LogP contribution in [0.2, 0.25) is 0 Å². The Hall–Kier alpha value is -1.27. The fraction of sp³-hybridized carbons (Fsp3) is 0.611. The van der Waals surface area contributed by atoms with Gasteiger partial charge in [-0.3, -0.25) is 0 Å². The molecule has 1 saturated heterocycles. The van der Waals surface area contributed by atoms with Crippen LogP contribution in [0.5, 0.6) is 11.5 Å². The molecule has 0 saturated carbocycles. The van der Waals surface area contributed by atoms with Gasteiger partial charge in [0, 0.05) is 26.2 Å². The number of sulfonamides is 1. The summed E-state index contributed by atoms with van der Waals surface area (Å²) >= 11 is 0. The predicted octanol–water partition coefficient (Wildman–Crippen LogP) is 1.76. The van der Waals surface area contributed by atoms with Crippen LogP contribution in [0.15, 0.2) is 23.2 Å². The van der Waals surface area contributed by atoms with Crippen LogP contribution in [-0.2, 0) is 16.6 Å². The van der Waals surface area contributed by atoms with E-state index in [0.717, 1.165) is 49.0 Å². The van der Waals surface area contributed by atoms with Gasteiger partial charge in [0.25, 0.3) is 0 Å². The lowest BCUT2D eigenvalue weighted by atomic mass is 9.98. The number of benzene rings is 1. The Labute approximate surface area is 184 Å². The van der Waals surface area contributed by atoms with E-state index in [9.17, 15) is 8.42 Å². The number of ether oxygens (including phenoxy) is 2. The first-order valence-corrected chi connectivity index (χ1v) is 11.2. The second-order valence-electron chi connectivity index (χ2n) is 6.87. The van der Waals surface area contributed by atoms with Gasteiger partial charge in [-0.1, -0.05) is 6.07 Å². The Bertz CT molecular complexity index is 780. The van der Waals surface area contributed by atoms with Crippen LogP contribution in [-0.4, -0.2) is 57.9 Å². The van der Waals surface area contributed by atoms with Gasteiger partial charge in [-0.15, -0.1) is 24.0 Å². The average Bonchev–Trinajstić information content (AvgIpc) is 3.11. The highest BCUT2D eigenvalue weighted by Gasteiger charge is 2.24. The summed E-state index contributed by atoms with van der Waals surface area (Å²) in [6.07, 6.45) is 3.00. The molecule has 0 bridgehead atoms. The van der Waals surface area contributed by atoms with Crippen LogP contribution in [0.25, 0.3) is 0 Å². The number of fused-ring (bicyclic) bond motifs is 1. The van der Waals surface area contributed by atoms with E-state index in [4.69, 9.17) is 9.47 Å². The van der Waals surface area contributed by atoms with Gasteiger partial charge in [-0.25, -0.2) is 17.7 Å². The Morgan fingerprint density at radius 1 is 1.21 bits per heavy atom. The number of nitrogens with one attached hydrogen (secondary N) is 2. The fourth-order valence-electron chi connectivity index (χ4n) is 3.24. The smallest absolute Gasteiger partial charge is 0.231 e. The van der Waals surface area contributed by atoms with Crippen LogP contribution in [0.1, 0.15) is 25.3 Å². The van der Waals surface area contributed by atoms with Crippen molar-refractivity contribution in [3.8, 4) is 11.5 Å². The number of nitrogens with zero attached hydrogens (tertiary/aromatic N) is 2. The minimum atomic E-state index is -3.08. The van der Waals surface area contributed by atoms with E-state index in [2.05, 4.69) is 15.6 Å². The molecule has 2 N–H and O–H groups in total. The first-order valence-electron chi connectivity index (χ1n) is 9.31. The zero-order valence-electron chi connectivity index (χ0n) is 16.3. The first-order chi connectivity index (χ1) is 13.0. The van der Waals surface area contributed by atoms with E-state index in [1.165, 1.54) is 6.26 Å². The van der Waals surface area contributed by atoms with Crippen molar-refractivity contribution in [1.29, 1.82) is 0 Å². The number of halogens is 1. The molecule has 28 heavy (non-hydrogen) atoms. The van der Waals surface area contributed by atoms with Crippen molar-refractivity contribution in [3.05, 3.63) is 23.8 Å². The monoisotopic (exact) mass is 524 g/mol. The van der Waals surface area contributed by atoms with Gasteiger partial charge in [-0.2, -0.15) is 0 Å². The minimum absolute atomic E-state index is 0. The fourth-order valence-corrected chi connectivity index (χ4v) is 4.11. The van der Waals surface area contributed by atoms with Gasteiger partial charge >= 0.3 is 0 Å². The maximum atomic E-state index is 11.6. The first kappa shape index (κ1) is 23.0. The molecule has 158 valence electrons. The lowest BCUT2D eigenvalue weighted by Crippen LogP contribution is -2.44. The number of piperidine rings is 1. The third-order valence-electron chi connectivity index (χ3n) is 4.80. The van der Waals surface area contributed by atoms with E-state index < -0.39 is 10.0 Å². The summed E-state index contributed by atoms with van der Waals surface area (Å²) in [6.45, 7) is 5.58. The van der Waals surface area contributed by atoms with Gasteiger partial charge < -0.3 is 20.1 Å². The highest BCUT2D eigenvalue weighted by Crippen LogP contribution is 2.32. The molecule has 0 unspecified atom stereocenters. The van der Waals surface area contributed by atoms with Crippen LogP contribution >= 0.6 is 24.0 Å². The lowest BCUT2D eigenvalue weighted by Gasteiger charge is -2.30. The molecule has 2 aliphatic rings. The van der Waals surface area contributed by atoms with Crippen molar-refractivity contribution < 1.29 is 17.9 Å². The summed E-state index contributed by atoms with van der Waals surface area (Å²) in [5.41, 5.74) is 1.05. The van der Waals surface area contributed by atoms with Gasteiger partial charge in [0.2, 0.25) is 16.8 Å². The summed E-state index contributed by atoms with van der Waals surface area (Å²) < 4.78 is 35.5. The molecule has 1 fully saturated rings. The quantitative estimate of drug-likeness (QED) is 0.335. The molecule has 1 aromatic rings. The molecular weight excluding hydrogens is 495 g/mol. The third-order valence-corrected chi connectivity index (χ3v) is 6.10. The second-order valence-corrected chi connectivity index (χ2v) is 8.85. The topological polar surface area (TPSA) is 92.3 Å². The predicted molar refractivity (Wildman–Crippen MR) is 120 cm³/mol. The Morgan fingerprint density at radius 2 is 1.93 bits per heavy atom. The van der Waals surface area contributed by atoms with E-state index in [-0.39, 0.29) is 30.8 Å². The molecule has 0 spiro atoms. The molecule has 0 radical (unpaired) electrons. The van der Waals surface area contributed by atoms with E-state index >= 15 is 0 Å². The van der Waals surface area contributed by atoms with Gasteiger partial charge in [0.1, 0.15) is 0 Å². The van der Waals surface area contributed by atoms with Gasteiger partial charge in [0.15, 0.2) is 17.5 Å². The molecular formula is C18H29IN4O4S. The molecule has 1 aromatic carbocycles. The van der Waals surface area contributed by atoms with E-state index in [1.807, 2.05) is 25.1 Å².